The molecule has 0 heterocycles. The van der Waals surface area contributed by atoms with Crippen LogP contribution in [0.3, 0.4) is 0 Å². The van der Waals surface area contributed by atoms with Gasteiger partial charge >= 0.3 is 5.97 Å². The van der Waals surface area contributed by atoms with Gasteiger partial charge in [0.05, 0.1) is 25.4 Å². The second-order valence-electron chi connectivity index (χ2n) is 22.8. The number of hydrogen-bond donors (Lipinski definition) is 3. The predicted molar refractivity (Wildman–Crippen MR) is 320 cm³/mol. The van der Waals surface area contributed by atoms with Crippen LogP contribution in [0.1, 0.15) is 367 Å². The summed E-state index contributed by atoms with van der Waals surface area (Å²) in [6.45, 7) is 4.95. The first-order chi connectivity index (χ1) is 36.0. The van der Waals surface area contributed by atoms with Crippen molar-refractivity contribution in [2.24, 2.45) is 0 Å². The molecule has 0 rings (SSSR count). The van der Waals surface area contributed by atoms with Gasteiger partial charge in [-0.05, 0) is 57.8 Å². The molecule has 0 spiro atoms. The average Bonchev–Trinajstić information content (AvgIpc) is 3.39. The van der Waals surface area contributed by atoms with Crippen LogP contribution in [0.15, 0.2) is 24.3 Å². The van der Waals surface area contributed by atoms with Crippen LogP contribution < -0.4 is 5.32 Å². The van der Waals surface area contributed by atoms with Crippen LogP contribution in [0.25, 0.3) is 0 Å². The Balaban J connectivity index is 3.34. The summed E-state index contributed by atoms with van der Waals surface area (Å²) in [5.41, 5.74) is 0. The van der Waals surface area contributed by atoms with Crippen LogP contribution in [0, 0.1) is 0 Å². The topological polar surface area (TPSA) is 95.9 Å². The second-order valence-corrected chi connectivity index (χ2v) is 22.8. The number of nitrogens with one attached hydrogen (secondary N) is 1. The van der Waals surface area contributed by atoms with Gasteiger partial charge in [-0.25, -0.2) is 0 Å². The first kappa shape index (κ1) is 71.3. The number of carbonyl (C=O) groups excluding carboxylic acids is 2. The van der Waals surface area contributed by atoms with E-state index in [9.17, 15) is 19.8 Å². The Kier molecular flexibility index (Phi) is 61.4. The summed E-state index contributed by atoms with van der Waals surface area (Å²) in [7, 11) is 0. The largest absolute Gasteiger partial charge is 0.466 e. The first-order valence-electron chi connectivity index (χ1n) is 33.1. The number of amides is 1. The molecule has 2 atom stereocenters. The van der Waals surface area contributed by atoms with Gasteiger partial charge in [-0.15, -0.1) is 0 Å². The van der Waals surface area contributed by atoms with Gasteiger partial charge in [0.25, 0.3) is 0 Å². The summed E-state index contributed by atoms with van der Waals surface area (Å²) in [6.07, 6.45) is 78.0. The molecule has 73 heavy (non-hydrogen) atoms. The molecule has 0 aliphatic carbocycles. The van der Waals surface area contributed by atoms with Crippen molar-refractivity contribution in [3.8, 4) is 0 Å². The minimum Gasteiger partial charge on any atom is -0.466 e. The molecule has 0 aromatic carbocycles. The van der Waals surface area contributed by atoms with E-state index < -0.39 is 12.1 Å². The molecule has 0 radical (unpaired) electrons. The highest BCUT2D eigenvalue weighted by molar-refractivity contribution is 5.76. The maximum absolute atomic E-state index is 12.4. The van der Waals surface area contributed by atoms with Gasteiger partial charge in [0.1, 0.15) is 0 Å². The Bertz CT molecular complexity index is 1140. The third kappa shape index (κ3) is 59.4. The Morgan fingerprint density at radius 2 is 0.685 bits per heavy atom. The molecule has 0 saturated carbocycles. The lowest BCUT2D eigenvalue weighted by Crippen LogP contribution is -2.45. The summed E-state index contributed by atoms with van der Waals surface area (Å²) in [5.74, 6) is -0.0174. The summed E-state index contributed by atoms with van der Waals surface area (Å²) >= 11 is 0. The number of aliphatic hydroxyl groups excluding tert-OH is 2. The van der Waals surface area contributed by atoms with Crippen molar-refractivity contribution in [2.45, 2.75) is 379 Å². The molecule has 432 valence electrons. The van der Waals surface area contributed by atoms with Crippen molar-refractivity contribution in [3.63, 3.8) is 0 Å². The average molecular weight is 1030 g/mol. The van der Waals surface area contributed by atoms with E-state index in [-0.39, 0.29) is 18.5 Å². The lowest BCUT2D eigenvalue weighted by molar-refractivity contribution is -0.143. The van der Waals surface area contributed by atoms with Crippen molar-refractivity contribution < 1.29 is 24.5 Å². The number of hydrogen-bond acceptors (Lipinski definition) is 5. The third-order valence-corrected chi connectivity index (χ3v) is 15.5. The zero-order valence-electron chi connectivity index (χ0n) is 49.4. The Hall–Kier alpha value is -1.66. The Morgan fingerprint density at radius 1 is 0.384 bits per heavy atom. The maximum atomic E-state index is 12.4. The van der Waals surface area contributed by atoms with E-state index in [2.05, 4.69) is 43.5 Å². The van der Waals surface area contributed by atoms with Crippen LogP contribution in [0.5, 0.6) is 0 Å². The summed E-state index contributed by atoms with van der Waals surface area (Å²) < 4.78 is 5.49. The highest BCUT2D eigenvalue weighted by atomic mass is 16.5. The number of allylic oxidation sites excluding steroid dienone is 4. The molecule has 0 bridgehead atoms. The molecule has 6 heteroatoms. The molecule has 6 nitrogen and oxygen atoms in total. The maximum Gasteiger partial charge on any atom is 0.305 e. The lowest BCUT2D eigenvalue weighted by atomic mass is 10.0. The monoisotopic (exact) mass is 1030 g/mol. The third-order valence-electron chi connectivity index (χ3n) is 15.5. The number of ether oxygens (including phenoxy) is 1. The van der Waals surface area contributed by atoms with E-state index >= 15 is 0 Å². The standard InChI is InChI=1S/C67H129NO5/c1-3-5-7-9-11-13-14-15-38-41-45-49-53-57-61-67(72)73-62-58-54-50-46-42-39-36-34-32-30-28-26-24-22-20-18-16-17-19-21-23-25-27-29-31-33-35-37-40-44-48-52-56-60-66(71)68-64(63-69)65(70)59-55-51-47-43-12-10-8-6-4-2/h20,22,26,28,64-65,69-70H,3-19,21,23-25,27,29-63H2,1-2H3,(H,68,71)/b22-20-,28-26-. The predicted octanol–water partition coefficient (Wildman–Crippen LogP) is 21.0. The number of carbonyl (C=O) groups is 2. The minimum absolute atomic E-state index is 0.0168. The van der Waals surface area contributed by atoms with Gasteiger partial charge in [0.15, 0.2) is 0 Å². The molecule has 2 unspecified atom stereocenters. The van der Waals surface area contributed by atoms with Crippen LogP contribution >= 0.6 is 0 Å². The van der Waals surface area contributed by atoms with Gasteiger partial charge in [-0.3, -0.25) is 9.59 Å². The van der Waals surface area contributed by atoms with Gasteiger partial charge in [-0.2, -0.15) is 0 Å². The second kappa shape index (κ2) is 62.9. The van der Waals surface area contributed by atoms with Gasteiger partial charge < -0.3 is 20.3 Å². The first-order valence-corrected chi connectivity index (χ1v) is 33.1. The smallest absolute Gasteiger partial charge is 0.305 e. The van der Waals surface area contributed by atoms with Crippen molar-refractivity contribution in [1.82, 2.24) is 5.32 Å². The Morgan fingerprint density at radius 3 is 1.04 bits per heavy atom. The summed E-state index contributed by atoms with van der Waals surface area (Å²) in [6, 6.07) is -0.537. The van der Waals surface area contributed by atoms with E-state index in [4.69, 9.17) is 4.74 Å². The van der Waals surface area contributed by atoms with E-state index in [1.165, 1.54) is 289 Å². The van der Waals surface area contributed by atoms with E-state index in [0.29, 0.717) is 25.9 Å². The Labute approximate surface area is 456 Å². The minimum atomic E-state index is -0.660. The summed E-state index contributed by atoms with van der Waals surface area (Å²) in [5, 5.41) is 23.1. The number of unbranched alkanes of at least 4 members (excludes halogenated alkanes) is 47. The van der Waals surface area contributed by atoms with E-state index in [1.807, 2.05) is 0 Å². The van der Waals surface area contributed by atoms with Crippen LogP contribution in [0.4, 0.5) is 0 Å². The molecule has 0 aliphatic rings. The fourth-order valence-corrected chi connectivity index (χ4v) is 10.4. The van der Waals surface area contributed by atoms with E-state index in [0.717, 1.165) is 44.9 Å². The highest BCUT2D eigenvalue weighted by Gasteiger charge is 2.20. The van der Waals surface area contributed by atoms with Crippen LogP contribution in [0.2, 0.25) is 0 Å². The zero-order valence-corrected chi connectivity index (χ0v) is 49.4. The highest BCUT2D eigenvalue weighted by Crippen LogP contribution is 2.18. The number of rotatable bonds is 62. The number of aliphatic hydroxyl groups is 2. The molecule has 0 saturated heterocycles. The summed E-state index contributed by atoms with van der Waals surface area (Å²) in [4.78, 5) is 24.5. The molecule has 0 aliphatic heterocycles. The molecular formula is C67H129NO5. The SMILES string of the molecule is CCCCCCCCCCCCCCCCC(=O)OCCCCCCCCCCC/C=C\C/C=C\CCCCCCCCCCCCCCCCCCCC(=O)NC(CO)C(O)CCCCCCCCCCC. The van der Waals surface area contributed by atoms with Crippen molar-refractivity contribution in [1.29, 1.82) is 0 Å². The number of esters is 1. The van der Waals surface area contributed by atoms with Gasteiger partial charge in [0.2, 0.25) is 5.91 Å². The fraction of sp³-hybridized carbons (Fsp3) is 0.910. The van der Waals surface area contributed by atoms with Crippen molar-refractivity contribution >= 4 is 11.9 Å². The fourth-order valence-electron chi connectivity index (χ4n) is 10.4. The van der Waals surface area contributed by atoms with Crippen molar-refractivity contribution in [3.05, 3.63) is 24.3 Å². The quantitative estimate of drug-likeness (QED) is 0.0320. The molecule has 3 N–H and O–H groups in total. The molecule has 0 fully saturated rings. The normalized spacial score (nSPS) is 12.7. The molecular weight excluding hydrogens is 899 g/mol. The van der Waals surface area contributed by atoms with Crippen LogP contribution in [-0.2, 0) is 14.3 Å². The van der Waals surface area contributed by atoms with Gasteiger partial charge in [-0.1, -0.05) is 321 Å². The molecule has 0 aromatic rings. The molecule has 0 aromatic heterocycles. The zero-order chi connectivity index (χ0) is 52.9. The lowest BCUT2D eigenvalue weighted by Gasteiger charge is -2.22. The van der Waals surface area contributed by atoms with Crippen molar-refractivity contribution in [2.75, 3.05) is 13.2 Å². The van der Waals surface area contributed by atoms with Crippen LogP contribution in [-0.4, -0.2) is 47.4 Å². The molecule has 1 amide bonds. The van der Waals surface area contributed by atoms with E-state index in [1.54, 1.807) is 0 Å². The van der Waals surface area contributed by atoms with Gasteiger partial charge in [0, 0.05) is 12.8 Å².